The normalized spacial score (nSPS) is 19.7. The molecule has 6 heteroatoms. The predicted molar refractivity (Wildman–Crippen MR) is 105 cm³/mol. The average Bonchev–Trinajstić information content (AvgIpc) is 2.73. The van der Waals surface area contributed by atoms with Crippen LogP contribution in [0, 0.1) is 5.82 Å². The van der Waals surface area contributed by atoms with Gasteiger partial charge in [0, 0.05) is 56.4 Å². The molecule has 2 aliphatic heterocycles. The first-order valence-electron chi connectivity index (χ1n) is 9.96. The molecule has 5 nitrogen and oxygen atoms in total. The van der Waals surface area contributed by atoms with Crippen LogP contribution >= 0.6 is 0 Å². The van der Waals surface area contributed by atoms with Crippen molar-refractivity contribution in [2.24, 2.45) is 0 Å². The molecule has 1 atom stereocenters. The summed E-state index contributed by atoms with van der Waals surface area (Å²) in [5, 5.41) is 0. The minimum atomic E-state index is -0.132. The van der Waals surface area contributed by atoms with Crippen molar-refractivity contribution < 1.29 is 4.39 Å². The Kier molecular flexibility index (Phi) is 5.36. The molecule has 3 heterocycles. The van der Waals surface area contributed by atoms with Crippen LogP contribution in [0.5, 0.6) is 0 Å². The molecule has 0 amide bonds. The number of anilines is 1. The summed E-state index contributed by atoms with van der Waals surface area (Å²) in [4.78, 5) is 16.4. The van der Waals surface area contributed by atoms with Gasteiger partial charge in [0.25, 0.3) is 0 Å². The van der Waals surface area contributed by atoms with E-state index >= 15 is 0 Å². The number of hydrogen-bond acceptors (Lipinski definition) is 5. The van der Waals surface area contributed by atoms with E-state index in [4.69, 9.17) is 0 Å². The summed E-state index contributed by atoms with van der Waals surface area (Å²) < 4.78 is 14.2. The first-order chi connectivity index (χ1) is 13.2. The Labute approximate surface area is 160 Å². The van der Waals surface area contributed by atoms with Crippen LogP contribution < -0.4 is 4.90 Å². The Morgan fingerprint density at radius 1 is 1.07 bits per heavy atom. The molecule has 1 saturated heterocycles. The first-order valence-corrected chi connectivity index (χ1v) is 9.96. The number of likely N-dealkylation sites (N-methyl/N-ethyl adjacent to an activating group) is 1. The SMILES string of the molecule is CCN1CCN(c2ncnc3c2CCN(C(C)c2ccccc2F)C3)CC1. The second-order valence-electron chi connectivity index (χ2n) is 7.46. The number of piperazine rings is 1. The Morgan fingerprint density at radius 2 is 1.85 bits per heavy atom. The lowest BCUT2D eigenvalue weighted by molar-refractivity contribution is 0.185. The predicted octanol–water partition coefficient (Wildman–Crippen LogP) is 2.88. The van der Waals surface area contributed by atoms with Crippen LogP contribution in [0.3, 0.4) is 0 Å². The zero-order valence-electron chi connectivity index (χ0n) is 16.2. The van der Waals surface area contributed by atoms with Crippen LogP contribution in [0.2, 0.25) is 0 Å². The fraction of sp³-hybridized carbons (Fsp3) is 0.524. The van der Waals surface area contributed by atoms with Gasteiger partial charge in [-0.1, -0.05) is 25.1 Å². The van der Waals surface area contributed by atoms with Crippen molar-refractivity contribution in [3.8, 4) is 0 Å². The molecule has 2 aliphatic rings. The van der Waals surface area contributed by atoms with Crippen molar-refractivity contribution in [1.29, 1.82) is 0 Å². The Morgan fingerprint density at radius 3 is 2.59 bits per heavy atom. The fourth-order valence-electron chi connectivity index (χ4n) is 4.25. The Balaban J connectivity index is 1.52. The molecule has 1 unspecified atom stereocenters. The van der Waals surface area contributed by atoms with E-state index in [9.17, 15) is 4.39 Å². The van der Waals surface area contributed by atoms with Gasteiger partial charge in [-0.3, -0.25) is 4.90 Å². The zero-order valence-corrected chi connectivity index (χ0v) is 16.2. The third-order valence-corrected chi connectivity index (χ3v) is 6.04. The third kappa shape index (κ3) is 3.69. The molecular formula is C21H28FN5. The smallest absolute Gasteiger partial charge is 0.135 e. The molecular weight excluding hydrogens is 341 g/mol. The number of benzene rings is 1. The van der Waals surface area contributed by atoms with Gasteiger partial charge in [-0.2, -0.15) is 0 Å². The molecule has 0 radical (unpaired) electrons. The number of nitrogens with zero attached hydrogens (tertiary/aromatic N) is 5. The van der Waals surface area contributed by atoms with Crippen molar-refractivity contribution in [2.75, 3.05) is 44.2 Å². The van der Waals surface area contributed by atoms with Crippen LogP contribution in [-0.4, -0.2) is 59.0 Å². The van der Waals surface area contributed by atoms with Gasteiger partial charge in [0.1, 0.15) is 18.0 Å². The molecule has 1 fully saturated rings. The van der Waals surface area contributed by atoms with Crippen LogP contribution in [0.4, 0.5) is 10.2 Å². The van der Waals surface area contributed by atoms with Crippen LogP contribution in [0.25, 0.3) is 0 Å². The van der Waals surface area contributed by atoms with Crippen molar-refractivity contribution in [3.63, 3.8) is 0 Å². The maximum absolute atomic E-state index is 14.2. The van der Waals surface area contributed by atoms with Gasteiger partial charge in [0.05, 0.1) is 5.69 Å². The highest BCUT2D eigenvalue weighted by Gasteiger charge is 2.28. The molecule has 0 spiro atoms. The van der Waals surface area contributed by atoms with Gasteiger partial charge in [-0.05, 0) is 26.0 Å². The highest BCUT2D eigenvalue weighted by molar-refractivity contribution is 5.50. The topological polar surface area (TPSA) is 35.5 Å². The van der Waals surface area contributed by atoms with Gasteiger partial charge in [0.15, 0.2) is 0 Å². The van der Waals surface area contributed by atoms with Gasteiger partial charge in [0.2, 0.25) is 0 Å². The van der Waals surface area contributed by atoms with E-state index in [1.165, 1.54) is 5.56 Å². The van der Waals surface area contributed by atoms with E-state index in [0.29, 0.717) is 0 Å². The molecule has 4 rings (SSSR count). The number of halogens is 1. The molecule has 144 valence electrons. The average molecular weight is 369 g/mol. The van der Waals surface area contributed by atoms with Crippen LogP contribution in [-0.2, 0) is 13.0 Å². The molecule has 0 bridgehead atoms. The van der Waals surface area contributed by atoms with Crippen molar-refractivity contribution in [3.05, 3.63) is 53.2 Å². The lowest BCUT2D eigenvalue weighted by Crippen LogP contribution is -2.47. The van der Waals surface area contributed by atoms with Gasteiger partial charge in [-0.15, -0.1) is 0 Å². The minimum absolute atomic E-state index is 0.0332. The first kappa shape index (κ1) is 18.3. The van der Waals surface area contributed by atoms with Crippen molar-refractivity contribution >= 4 is 5.82 Å². The molecule has 0 saturated carbocycles. The van der Waals surface area contributed by atoms with E-state index in [1.807, 2.05) is 12.1 Å². The number of fused-ring (bicyclic) bond motifs is 1. The molecule has 2 aromatic rings. The summed E-state index contributed by atoms with van der Waals surface area (Å²) in [7, 11) is 0. The number of aromatic nitrogens is 2. The second kappa shape index (κ2) is 7.90. The van der Waals surface area contributed by atoms with Crippen molar-refractivity contribution in [2.45, 2.75) is 32.9 Å². The number of hydrogen-bond donors (Lipinski definition) is 0. The summed E-state index contributed by atoms with van der Waals surface area (Å²) >= 11 is 0. The van der Waals surface area contributed by atoms with Crippen LogP contribution in [0.1, 0.15) is 36.7 Å². The minimum Gasteiger partial charge on any atom is -0.354 e. The number of rotatable bonds is 4. The van der Waals surface area contributed by atoms with E-state index in [1.54, 1.807) is 18.5 Å². The van der Waals surface area contributed by atoms with Gasteiger partial charge < -0.3 is 9.80 Å². The standard InChI is InChI=1S/C21H28FN5/c1-3-25-10-12-26(13-11-25)21-18-8-9-27(14-20(18)23-15-24-21)16(2)17-6-4-5-7-19(17)22/h4-7,15-16H,3,8-14H2,1-2H3. The van der Waals surface area contributed by atoms with Gasteiger partial charge >= 0.3 is 0 Å². The quantitative estimate of drug-likeness (QED) is 0.828. The van der Waals surface area contributed by atoms with E-state index in [-0.39, 0.29) is 11.9 Å². The molecule has 1 aromatic heterocycles. The monoisotopic (exact) mass is 369 g/mol. The van der Waals surface area contributed by atoms with E-state index in [2.05, 4.69) is 38.5 Å². The second-order valence-corrected chi connectivity index (χ2v) is 7.46. The lowest BCUT2D eigenvalue weighted by Gasteiger charge is -2.38. The molecule has 0 aliphatic carbocycles. The molecule has 1 aromatic carbocycles. The highest BCUT2D eigenvalue weighted by atomic mass is 19.1. The molecule has 27 heavy (non-hydrogen) atoms. The zero-order chi connectivity index (χ0) is 18.8. The van der Waals surface area contributed by atoms with Crippen LogP contribution in [0.15, 0.2) is 30.6 Å². The maximum Gasteiger partial charge on any atom is 0.135 e. The summed E-state index contributed by atoms with van der Waals surface area (Å²) in [5.74, 6) is 0.974. The summed E-state index contributed by atoms with van der Waals surface area (Å²) in [6.45, 7) is 11.3. The Bertz CT molecular complexity index is 788. The molecule has 0 N–H and O–H groups in total. The van der Waals surface area contributed by atoms with E-state index < -0.39 is 0 Å². The summed E-state index contributed by atoms with van der Waals surface area (Å²) in [5.41, 5.74) is 3.12. The maximum atomic E-state index is 14.2. The highest BCUT2D eigenvalue weighted by Crippen LogP contribution is 2.31. The third-order valence-electron chi connectivity index (χ3n) is 6.04. The largest absolute Gasteiger partial charge is 0.354 e. The summed E-state index contributed by atoms with van der Waals surface area (Å²) in [6, 6.07) is 7.11. The summed E-state index contributed by atoms with van der Waals surface area (Å²) in [6.07, 6.45) is 2.61. The van der Waals surface area contributed by atoms with Gasteiger partial charge in [-0.25, -0.2) is 14.4 Å². The lowest BCUT2D eigenvalue weighted by atomic mass is 10.00. The fourth-order valence-corrected chi connectivity index (χ4v) is 4.25. The van der Waals surface area contributed by atoms with Crippen molar-refractivity contribution in [1.82, 2.24) is 19.8 Å². The van der Waals surface area contributed by atoms with E-state index in [0.717, 1.165) is 69.3 Å². The Hall–Kier alpha value is -2.05.